The van der Waals surface area contributed by atoms with Crippen LogP contribution in [0.1, 0.15) is 24.0 Å². The number of fused-ring (bicyclic) bond motifs is 1. The number of benzene rings is 3. The minimum Gasteiger partial charge on any atom is -0.491 e. The van der Waals surface area contributed by atoms with Crippen molar-refractivity contribution in [3.63, 3.8) is 0 Å². The van der Waals surface area contributed by atoms with Gasteiger partial charge in [0, 0.05) is 35.9 Å². The summed E-state index contributed by atoms with van der Waals surface area (Å²) in [4.78, 5) is 26.7. The smallest absolute Gasteiger partial charge is 0.340 e. The van der Waals surface area contributed by atoms with E-state index in [9.17, 15) is 14.7 Å². The highest BCUT2D eigenvalue weighted by atomic mass is 16.5. The van der Waals surface area contributed by atoms with E-state index >= 15 is 0 Å². The van der Waals surface area contributed by atoms with E-state index < -0.39 is 6.10 Å². The van der Waals surface area contributed by atoms with E-state index in [0.717, 1.165) is 35.2 Å². The van der Waals surface area contributed by atoms with Crippen LogP contribution < -0.4 is 16.1 Å². The van der Waals surface area contributed by atoms with Crippen LogP contribution in [0.15, 0.2) is 88.1 Å². The van der Waals surface area contributed by atoms with Gasteiger partial charge in [0.1, 0.15) is 24.0 Å². The van der Waals surface area contributed by atoms with E-state index in [4.69, 9.17) is 14.9 Å². The van der Waals surface area contributed by atoms with E-state index in [1.807, 2.05) is 72.8 Å². The highest BCUT2D eigenvalue weighted by Crippen LogP contribution is 2.33. The van der Waals surface area contributed by atoms with Gasteiger partial charge in [-0.25, -0.2) is 4.79 Å². The molecule has 196 valence electrons. The molecule has 0 spiro atoms. The van der Waals surface area contributed by atoms with Crippen LogP contribution in [0.25, 0.3) is 22.1 Å². The summed E-state index contributed by atoms with van der Waals surface area (Å²) >= 11 is 0. The fraction of sp³-hybridized carbons (Fsp3) is 0.290. The van der Waals surface area contributed by atoms with Crippen LogP contribution in [0.2, 0.25) is 0 Å². The van der Waals surface area contributed by atoms with E-state index in [0.29, 0.717) is 42.7 Å². The molecular weight excluding hydrogens is 480 g/mol. The zero-order valence-electron chi connectivity index (χ0n) is 21.2. The van der Waals surface area contributed by atoms with Gasteiger partial charge in [0.05, 0.1) is 5.56 Å². The van der Waals surface area contributed by atoms with Crippen LogP contribution in [-0.2, 0) is 11.2 Å². The summed E-state index contributed by atoms with van der Waals surface area (Å²) in [5, 5.41) is 11.4. The zero-order chi connectivity index (χ0) is 26.5. The number of nitrogens with zero attached hydrogens (tertiary/aromatic N) is 1. The van der Waals surface area contributed by atoms with Crippen LogP contribution in [0.4, 0.5) is 0 Å². The van der Waals surface area contributed by atoms with Crippen molar-refractivity contribution in [3.05, 3.63) is 100 Å². The molecule has 4 aromatic rings. The number of piperidine rings is 1. The highest BCUT2D eigenvalue weighted by Gasteiger charge is 2.24. The van der Waals surface area contributed by atoms with E-state index in [-0.39, 0.29) is 24.1 Å². The van der Waals surface area contributed by atoms with Gasteiger partial charge in [-0.3, -0.25) is 4.79 Å². The lowest BCUT2D eigenvalue weighted by Crippen LogP contribution is -2.43. The Morgan fingerprint density at radius 2 is 1.71 bits per heavy atom. The summed E-state index contributed by atoms with van der Waals surface area (Å²) in [5.41, 5.74) is 8.90. The molecule has 7 nitrogen and oxygen atoms in total. The van der Waals surface area contributed by atoms with Crippen LogP contribution >= 0.6 is 0 Å². The van der Waals surface area contributed by atoms with Crippen molar-refractivity contribution >= 4 is 16.9 Å². The van der Waals surface area contributed by atoms with Gasteiger partial charge in [-0.15, -0.1) is 0 Å². The summed E-state index contributed by atoms with van der Waals surface area (Å²) < 4.78 is 11.7. The average Bonchev–Trinajstić information content (AvgIpc) is 2.93. The van der Waals surface area contributed by atoms with Crippen molar-refractivity contribution in [2.45, 2.75) is 25.4 Å². The molecule has 7 heteroatoms. The molecule has 0 saturated carbocycles. The van der Waals surface area contributed by atoms with Crippen LogP contribution in [-0.4, -0.2) is 48.3 Å². The van der Waals surface area contributed by atoms with Gasteiger partial charge < -0.3 is 24.9 Å². The molecule has 1 aliphatic heterocycles. The van der Waals surface area contributed by atoms with Gasteiger partial charge in [-0.2, -0.15) is 0 Å². The first-order chi connectivity index (χ1) is 18.5. The lowest BCUT2D eigenvalue weighted by atomic mass is 9.93. The Morgan fingerprint density at radius 3 is 2.39 bits per heavy atom. The summed E-state index contributed by atoms with van der Waals surface area (Å²) in [6, 6.07) is 25.2. The monoisotopic (exact) mass is 512 g/mol. The van der Waals surface area contributed by atoms with Crippen LogP contribution in [0, 0.1) is 5.92 Å². The fourth-order valence-electron chi connectivity index (χ4n) is 5.15. The number of hydrogen-bond acceptors (Lipinski definition) is 6. The van der Waals surface area contributed by atoms with Crippen molar-refractivity contribution < 1.29 is 19.1 Å². The highest BCUT2D eigenvalue weighted by molar-refractivity contribution is 5.95. The van der Waals surface area contributed by atoms with E-state index in [2.05, 4.69) is 4.90 Å². The van der Waals surface area contributed by atoms with Crippen molar-refractivity contribution in [2.24, 2.45) is 11.7 Å². The molecule has 1 fully saturated rings. The molecule has 0 bridgehead atoms. The van der Waals surface area contributed by atoms with Crippen molar-refractivity contribution in [1.82, 2.24) is 4.90 Å². The molecule has 38 heavy (non-hydrogen) atoms. The van der Waals surface area contributed by atoms with Crippen molar-refractivity contribution in [2.75, 3.05) is 26.2 Å². The molecule has 1 aliphatic rings. The molecule has 0 radical (unpaired) electrons. The molecule has 5 rings (SSSR count). The predicted octanol–water partition coefficient (Wildman–Crippen LogP) is 3.99. The molecular formula is C31H32N2O5. The van der Waals surface area contributed by atoms with Gasteiger partial charge >= 0.3 is 5.63 Å². The number of rotatable bonds is 9. The average molecular weight is 513 g/mol. The van der Waals surface area contributed by atoms with Crippen LogP contribution in [0.3, 0.4) is 0 Å². The second-order valence-corrected chi connectivity index (χ2v) is 9.87. The maximum Gasteiger partial charge on any atom is 0.340 e. The number of β-amino-alcohol motifs (C(OH)–C–C–N with tert-alkyl or cyclic N) is 1. The second-order valence-electron chi connectivity index (χ2n) is 9.87. The Kier molecular flexibility index (Phi) is 7.86. The topological polar surface area (TPSA) is 106 Å². The minimum atomic E-state index is -0.698. The van der Waals surface area contributed by atoms with Gasteiger partial charge in [0.25, 0.3) is 0 Å². The standard InChI is InChI=1S/C31H32N2O5/c32-30(35)23-13-15-33(16-14-23)19-24(34)20-37-25-11-12-26-28(18-25)38-31(36)27(17-21-7-3-1-4-8-21)29(26)22-9-5-2-6-10-22/h1-12,18,23-24,34H,13-17,19-20H2,(H2,32,35). The number of aliphatic hydroxyl groups excluding tert-OH is 1. The van der Waals surface area contributed by atoms with E-state index in [1.54, 1.807) is 6.07 Å². The maximum absolute atomic E-state index is 13.2. The number of aliphatic hydroxyl groups is 1. The normalized spacial score (nSPS) is 15.4. The number of ether oxygens (including phenoxy) is 1. The lowest BCUT2D eigenvalue weighted by molar-refractivity contribution is -0.123. The Labute approximate surface area is 221 Å². The third-order valence-electron chi connectivity index (χ3n) is 7.16. The second kappa shape index (κ2) is 11.6. The zero-order valence-corrected chi connectivity index (χ0v) is 21.2. The van der Waals surface area contributed by atoms with Crippen molar-refractivity contribution in [1.29, 1.82) is 0 Å². The summed E-state index contributed by atoms with van der Waals surface area (Å²) in [7, 11) is 0. The molecule has 1 saturated heterocycles. The van der Waals surface area contributed by atoms with Gasteiger partial charge in [0.2, 0.25) is 5.91 Å². The molecule has 1 unspecified atom stereocenters. The molecule has 3 aromatic carbocycles. The molecule has 1 atom stereocenters. The third kappa shape index (κ3) is 5.96. The number of hydrogen-bond donors (Lipinski definition) is 2. The third-order valence-corrected chi connectivity index (χ3v) is 7.16. The Bertz CT molecular complexity index is 1440. The molecule has 0 aliphatic carbocycles. The number of carbonyl (C=O) groups excluding carboxylic acids is 1. The predicted molar refractivity (Wildman–Crippen MR) is 147 cm³/mol. The first kappa shape index (κ1) is 25.7. The summed E-state index contributed by atoms with van der Waals surface area (Å²) in [6.07, 6.45) is 1.19. The molecule has 2 heterocycles. The minimum absolute atomic E-state index is 0.0825. The number of amides is 1. The first-order valence-electron chi connectivity index (χ1n) is 13.0. The number of nitrogens with two attached hydrogens (primary N) is 1. The van der Waals surface area contributed by atoms with Crippen LogP contribution in [0.5, 0.6) is 5.75 Å². The Morgan fingerprint density at radius 1 is 1.03 bits per heavy atom. The van der Waals surface area contributed by atoms with Gasteiger partial charge in [-0.05, 0) is 49.2 Å². The maximum atomic E-state index is 13.2. The largest absolute Gasteiger partial charge is 0.491 e. The number of primary amides is 1. The Balaban J connectivity index is 1.35. The lowest BCUT2D eigenvalue weighted by Gasteiger charge is -2.31. The van der Waals surface area contributed by atoms with E-state index in [1.165, 1.54) is 0 Å². The number of carbonyl (C=O) groups is 1. The van der Waals surface area contributed by atoms with Crippen molar-refractivity contribution in [3.8, 4) is 16.9 Å². The molecule has 1 amide bonds. The molecule has 3 N–H and O–H groups in total. The SMILES string of the molecule is NC(=O)C1CCN(CC(O)COc2ccc3c(-c4ccccc4)c(Cc4ccccc4)c(=O)oc3c2)CC1. The fourth-order valence-corrected chi connectivity index (χ4v) is 5.15. The van der Waals surface area contributed by atoms with Gasteiger partial charge in [-0.1, -0.05) is 60.7 Å². The van der Waals surface area contributed by atoms with Gasteiger partial charge in [0.15, 0.2) is 0 Å². The quantitative estimate of drug-likeness (QED) is 0.329. The summed E-state index contributed by atoms with van der Waals surface area (Å²) in [6.45, 7) is 2.00. The first-order valence-corrected chi connectivity index (χ1v) is 13.0. The Hall–Kier alpha value is -3.94. The summed E-state index contributed by atoms with van der Waals surface area (Å²) in [5.74, 6) is 0.182. The molecule has 1 aromatic heterocycles. The number of likely N-dealkylation sites (tertiary alicyclic amines) is 1.